The molecule has 1 aliphatic heterocycles. The van der Waals surface area contributed by atoms with Gasteiger partial charge in [0.25, 0.3) is 0 Å². The summed E-state index contributed by atoms with van der Waals surface area (Å²) in [5.74, 6) is 0.787. The van der Waals surface area contributed by atoms with Gasteiger partial charge in [-0.15, -0.1) is 0 Å². The third kappa shape index (κ3) is 4.95. The van der Waals surface area contributed by atoms with E-state index in [-0.39, 0.29) is 0 Å². The molecule has 0 amide bonds. The lowest BCUT2D eigenvalue weighted by atomic mass is 10.1. The van der Waals surface area contributed by atoms with E-state index in [0.717, 1.165) is 65.3 Å². The fraction of sp³-hybridized carbons (Fsp3) is 0.333. The van der Waals surface area contributed by atoms with Crippen LogP contribution in [0.4, 0.5) is 16.6 Å². The van der Waals surface area contributed by atoms with Crippen molar-refractivity contribution in [2.45, 2.75) is 13.0 Å². The van der Waals surface area contributed by atoms with Gasteiger partial charge in [-0.1, -0.05) is 11.3 Å². The zero-order chi connectivity index (χ0) is 22.6. The van der Waals surface area contributed by atoms with Crippen LogP contribution in [-0.4, -0.2) is 70.8 Å². The Kier molecular flexibility index (Phi) is 6.43. The Bertz CT molecular complexity index is 1220. The highest BCUT2D eigenvalue weighted by molar-refractivity contribution is 7.21. The van der Waals surface area contributed by atoms with Gasteiger partial charge >= 0.3 is 0 Å². The number of ether oxygens (including phenoxy) is 1. The van der Waals surface area contributed by atoms with Crippen molar-refractivity contribution in [3.63, 3.8) is 0 Å². The Morgan fingerprint density at radius 3 is 2.79 bits per heavy atom. The first-order valence-corrected chi connectivity index (χ1v) is 11.9. The Morgan fingerprint density at radius 1 is 1.09 bits per heavy atom. The molecule has 5 heterocycles. The lowest BCUT2D eigenvalue weighted by Crippen LogP contribution is -2.52. The average Bonchev–Trinajstić information content (AvgIpc) is 3.25. The Balaban J connectivity index is 1.30. The normalized spacial score (nSPS) is 16.9. The molecule has 8 nitrogen and oxygen atoms in total. The van der Waals surface area contributed by atoms with Gasteiger partial charge in [-0.2, -0.15) is 0 Å². The Morgan fingerprint density at radius 2 is 1.97 bits per heavy atom. The highest BCUT2D eigenvalue weighted by atomic mass is 32.1. The number of nitrogens with zero attached hydrogens (tertiary/aromatic N) is 6. The molecule has 0 radical (unpaired) electrons. The number of anilines is 3. The first-order chi connectivity index (χ1) is 16.2. The standard InChI is InChI=1S/C24H27N7OS/c1-17-16-31(12-11-30(17)13-14-32-2)19-7-10-26-22(15-19)29-24-28-21-4-3-20(27-23(21)33-24)18-5-8-25-9-6-18/h3-10,15,17H,11-14,16H2,1-2H3,(H,26,28,29). The smallest absolute Gasteiger partial charge is 0.190 e. The molecule has 1 atom stereocenters. The summed E-state index contributed by atoms with van der Waals surface area (Å²) in [4.78, 5) is 23.9. The first kappa shape index (κ1) is 21.7. The van der Waals surface area contributed by atoms with Crippen LogP contribution in [0.25, 0.3) is 21.6 Å². The van der Waals surface area contributed by atoms with Crippen LogP contribution in [0.1, 0.15) is 6.92 Å². The van der Waals surface area contributed by atoms with E-state index in [1.165, 1.54) is 17.0 Å². The van der Waals surface area contributed by atoms with Crippen LogP contribution in [0.5, 0.6) is 0 Å². The van der Waals surface area contributed by atoms with Crippen molar-refractivity contribution in [2.75, 3.05) is 50.1 Å². The second-order valence-electron chi connectivity index (χ2n) is 8.12. The number of methoxy groups -OCH3 is 1. The number of piperazine rings is 1. The molecule has 0 aliphatic carbocycles. The summed E-state index contributed by atoms with van der Waals surface area (Å²) in [5.41, 5.74) is 4.00. The molecule has 33 heavy (non-hydrogen) atoms. The van der Waals surface area contributed by atoms with Gasteiger partial charge in [0.2, 0.25) is 0 Å². The maximum Gasteiger partial charge on any atom is 0.190 e. The summed E-state index contributed by atoms with van der Waals surface area (Å²) in [6.45, 7) is 7.02. The number of pyridine rings is 3. The quantitative estimate of drug-likeness (QED) is 0.442. The first-order valence-electron chi connectivity index (χ1n) is 11.1. The third-order valence-corrected chi connectivity index (χ3v) is 6.80. The molecule has 1 unspecified atom stereocenters. The fourth-order valence-electron chi connectivity index (χ4n) is 4.12. The molecule has 0 spiro atoms. The van der Waals surface area contributed by atoms with Gasteiger partial charge in [0.15, 0.2) is 5.13 Å². The van der Waals surface area contributed by atoms with E-state index in [0.29, 0.717) is 6.04 Å². The lowest BCUT2D eigenvalue weighted by Gasteiger charge is -2.41. The van der Waals surface area contributed by atoms with Crippen molar-refractivity contribution < 1.29 is 4.74 Å². The number of aromatic nitrogens is 4. The number of fused-ring (bicyclic) bond motifs is 1. The van der Waals surface area contributed by atoms with Crippen molar-refractivity contribution >= 4 is 38.3 Å². The second-order valence-corrected chi connectivity index (χ2v) is 9.10. The van der Waals surface area contributed by atoms with Crippen molar-refractivity contribution in [1.82, 2.24) is 24.8 Å². The molecule has 1 aliphatic rings. The van der Waals surface area contributed by atoms with Crippen LogP contribution < -0.4 is 10.2 Å². The van der Waals surface area contributed by atoms with E-state index in [1.807, 2.05) is 30.5 Å². The Hall–Kier alpha value is -3.14. The van der Waals surface area contributed by atoms with E-state index >= 15 is 0 Å². The lowest BCUT2D eigenvalue weighted by molar-refractivity contribution is 0.117. The molecule has 0 aromatic carbocycles. The minimum Gasteiger partial charge on any atom is -0.383 e. The molecule has 170 valence electrons. The van der Waals surface area contributed by atoms with Crippen LogP contribution in [0.15, 0.2) is 55.0 Å². The van der Waals surface area contributed by atoms with Crippen LogP contribution in [-0.2, 0) is 4.74 Å². The van der Waals surface area contributed by atoms with E-state index in [4.69, 9.17) is 14.7 Å². The minimum atomic E-state index is 0.475. The van der Waals surface area contributed by atoms with Gasteiger partial charge in [-0.05, 0) is 37.3 Å². The molecular weight excluding hydrogens is 434 g/mol. The van der Waals surface area contributed by atoms with Crippen molar-refractivity contribution in [3.05, 3.63) is 55.0 Å². The molecule has 1 saturated heterocycles. The summed E-state index contributed by atoms with van der Waals surface area (Å²) in [6.07, 6.45) is 5.41. The third-order valence-electron chi connectivity index (χ3n) is 5.92. The van der Waals surface area contributed by atoms with E-state index in [9.17, 15) is 0 Å². The van der Waals surface area contributed by atoms with E-state index in [2.05, 4.69) is 44.1 Å². The molecule has 4 aromatic heterocycles. The SMILES string of the molecule is COCCN1CCN(c2ccnc(Nc3nc4ccc(-c5ccncc5)nc4s3)c2)CC1C. The number of hydrogen-bond acceptors (Lipinski definition) is 9. The number of nitrogens with one attached hydrogen (secondary N) is 1. The molecule has 1 N–H and O–H groups in total. The van der Waals surface area contributed by atoms with Gasteiger partial charge in [0.1, 0.15) is 16.2 Å². The molecule has 0 bridgehead atoms. The predicted molar refractivity (Wildman–Crippen MR) is 133 cm³/mol. The summed E-state index contributed by atoms with van der Waals surface area (Å²) in [7, 11) is 1.76. The van der Waals surface area contributed by atoms with E-state index in [1.54, 1.807) is 19.5 Å². The maximum absolute atomic E-state index is 5.24. The Labute approximate surface area is 197 Å². The van der Waals surface area contributed by atoms with E-state index < -0.39 is 0 Å². The summed E-state index contributed by atoms with van der Waals surface area (Å²) in [6, 6.07) is 12.6. The molecular formula is C24H27N7OS. The van der Waals surface area contributed by atoms with Gasteiger partial charge < -0.3 is 15.0 Å². The highest BCUT2D eigenvalue weighted by Crippen LogP contribution is 2.30. The second kappa shape index (κ2) is 9.78. The number of thiazole rings is 1. The molecule has 5 rings (SSSR count). The monoisotopic (exact) mass is 461 g/mol. The zero-order valence-corrected chi connectivity index (χ0v) is 19.6. The largest absolute Gasteiger partial charge is 0.383 e. The topological polar surface area (TPSA) is 79.3 Å². The molecule has 9 heteroatoms. The summed E-state index contributed by atoms with van der Waals surface area (Å²) >= 11 is 1.53. The summed E-state index contributed by atoms with van der Waals surface area (Å²) < 4.78 is 5.24. The van der Waals surface area contributed by atoms with Gasteiger partial charge in [-0.3, -0.25) is 9.88 Å². The molecule has 0 saturated carbocycles. The van der Waals surface area contributed by atoms with Crippen molar-refractivity contribution in [2.24, 2.45) is 0 Å². The minimum absolute atomic E-state index is 0.475. The fourth-order valence-corrected chi connectivity index (χ4v) is 4.96. The summed E-state index contributed by atoms with van der Waals surface area (Å²) in [5, 5.41) is 4.16. The molecule has 4 aromatic rings. The zero-order valence-electron chi connectivity index (χ0n) is 18.8. The van der Waals surface area contributed by atoms with Crippen molar-refractivity contribution in [3.8, 4) is 11.3 Å². The highest BCUT2D eigenvalue weighted by Gasteiger charge is 2.23. The average molecular weight is 462 g/mol. The number of hydrogen-bond donors (Lipinski definition) is 1. The van der Waals surface area contributed by atoms with Crippen LogP contribution in [0.2, 0.25) is 0 Å². The molecule has 1 fully saturated rings. The van der Waals surface area contributed by atoms with Crippen LogP contribution in [0.3, 0.4) is 0 Å². The maximum atomic E-state index is 5.24. The van der Waals surface area contributed by atoms with Crippen LogP contribution >= 0.6 is 11.3 Å². The van der Waals surface area contributed by atoms with Gasteiger partial charge in [0.05, 0.1) is 12.3 Å². The number of rotatable bonds is 7. The van der Waals surface area contributed by atoms with Gasteiger partial charge in [0, 0.05) is 75.2 Å². The van der Waals surface area contributed by atoms with Crippen molar-refractivity contribution in [1.29, 1.82) is 0 Å². The van der Waals surface area contributed by atoms with Crippen LogP contribution in [0, 0.1) is 0 Å². The predicted octanol–water partition coefficient (Wildman–Crippen LogP) is 4.05. The van der Waals surface area contributed by atoms with Gasteiger partial charge in [-0.25, -0.2) is 15.0 Å².